The minimum atomic E-state index is 0.353. The molecule has 2 aromatic heterocycles. The van der Waals surface area contributed by atoms with Gasteiger partial charge >= 0.3 is 6.01 Å². The Morgan fingerprint density at radius 1 is 1.12 bits per heavy atom. The highest BCUT2D eigenvalue weighted by molar-refractivity contribution is 5.93. The van der Waals surface area contributed by atoms with Crippen LogP contribution in [0.3, 0.4) is 0 Å². The normalized spacial score (nSPS) is 11.0. The summed E-state index contributed by atoms with van der Waals surface area (Å²) >= 11 is 0. The molecule has 3 aromatic rings. The molecule has 25 heavy (non-hydrogen) atoms. The van der Waals surface area contributed by atoms with E-state index in [-0.39, 0.29) is 0 Å². The van der Waals surface area contributed by atoms with Crippen molar-refractivity contribution < 1.29 is 4.74 Å². The molecule has 0 radical (unpaired) electrons. The summed E-state index contributed by atoms with van der Waals surface area (Å²) in [7, 11) is 5.73. The SMILES string of the molecule is COc1ncc(-c2cc(NCCCN(C)C)c3ccccc3n2)cn1. The highest BCUT2D eigenvalue weighted by Gasteiger charge is 2.08. The Balaban J connectivity index is 1.91. The third-order valence-electron chi connectivity index (χ3n) is 3.92. The molecule has 0 amide bonds. The molecule has 130 valence electrons. The van der Waals surface area contributed by atoms with Gasteiger partial charge < -0.3 is 15.0 Å². The Morgan fingerprint density at radius 2 is 1.88 bits per heavy atom. The minimum absolute atomic E-state index is 0.353. The summed E-state index contributed by atoms with van der Waals surface area (Å²) in [6.45, 7) is 1.96. The fraction of sp³-hybridized carbons (Fsp3) is 0.316. The number of anilines is 1. The van der Waals surface area contributed by atoms with Gasteiger partial charge in [0.25, 0.3) is 0 Å². The lowest BCUT2D eigenvalue weighted by Crippen LogP contribution is -2.16. The van der Waals surface area contributed by atoms with Gasteiger partial charge in [0.05, 0.1) is 18.3 Å². The van der Waals surface area contributed by atoms with Gasteiger partial charge in [-0.05, 0) is 39.2 Å². The van der Waals surface area contributed by atoms with Crippen molar-refractivity contribution in [2.75, 3.05) is 39.6 Å². The van der Waals surface area contributed by atoms with Gasteiger partial charge in [0, 0.05) is 35.6 Å². The zero-order valence-corrected chi connectivity index (χ0v) is 14.9. The van der Waals surface area contributed by atoms with Gasteiger partial charge in [0.2, 0.25) is 0 Å². The predicted molar refractivity (Wildman–Crippen MR) is 101 cm³/mol. The Hall–Kier alpha value is -2.73. The Morgan fingerprint density at radius 3 is 2.60 bits per heavy atom. The van der Waals surface area contributed by atoms with Crippen molar-refractivity contribution in [3.05, 3.63) is 42.7 Å². The van der Waals surface area contributed by atoms with Crippen LogP contribution in [0.4, 0.5) is 5.69 Å². The molecule has 0 saturated carbocycles. The molecular weight excluding hydrogens is 314 g/mol. The van der Waals surface area contributed by atoms with Crippen LogP contribution in [-0.4, -0.2) is 54.1 Å². The molecule has 2 heterocycles. The van der Waals surface area contributed by atoms with Crippen LogP contribution in [0.5, 0.6) is 6.01 Å². The molecule has 0 aliphatic rings. The van der Waals surface area contributed by atoms with Crippen LogP contribution in [-0.2, 0) is 0 Å². The number of rotatable bonds is 7. The maximum Gasteiger partial charge on any atom is 0.316 e. The van der Waals surface area contributed by atoms with E-state index in [4.69, 9.17) is 9.72 Å². The minimum Gasteiger partial charge on any atom is -0.467 e. The lowest BCUT2D eigenvalue weighted by molar-refractivity contribution is 0.380. The molecule has 0 spiro atoms. The molecule has 0 unspecified atom stereocenters. The lowest BCUT2D eigenvalue weighted by Gasteiger charge is -2.13. The molecule has 0 saturated heterocycles. The summed E-state index contributed by atoms with van der Waals surface area (Å²) in [5.41, 5.74) is 3.74. The van der Waals surface area contributed by atoms with Crippen LogP contribution in [0.2, 0.25) is 0 Å². The van der Waals surface area contributed by atoms with Gasteiger partial charge in [-0.15, -0.1) is 0 Å². The van der Waals surface area contributed by atoms with E-state index in [2.05, 4.69) is 46.4 Å². The van der Waals surface area contributed by atoms with E-state index in [1.807, 2.05) is 18.2 Å². The first kappa shape index (κ1) is 17.1. The number of ether oxygens (including phenoxy) is 1. The van der Waals surface area contributed by atoms with E-state index in [0.717, 1.165) is 47.4 Å². The first-order valence-corrected chi connectivity index (χ1v) is 8.32. The average molecular weight is 337 g/mol. The second-order valence-electron chi connectivity index (χ2n) is 6.11. The largest absolute Gasteiger partial charge is 0.467 e. The highest BCUT2D eigenvalue weighted by atomic mass is 16.5. The molecular formula is C19H23N5O. The number of methoxy groups -OCH3 is 1. The number of aromatic nitrogens is 3. The van der Waals surface area contributed by atoms with Gasteiger partial charge in [0.15, 0.2) is 0 Å². The number of pyridine rings is 1. The summed E-state index contributed by atoms with van der Waals surface area (Å²) in [4.78, 5) is 15.3. The standard InChI is InChI=1S/C19H23N5O/c1-24(2)10-6-9-20-18-11-17(14-12-21-19(25-3)22-13-14)23-16-8-5-4-7-15(16)18/h4-5,7-8,11-13H,6,9-10H2,1-3H3,(H,20,23). The molecule has 0 bridgehead atoms. The molecule has 0 fully saturated rings. The van der Waals surface area contributed by atoms with E-state index in [0.29, 0.717) is 6.01 Å². The van der Waals surface area contributed by atoms with Crippen molar-refractivity contribution >= 4 is 16.6 Å². The summed E-state index contributed by atoms with van der Waals surface area (Å²) in [6, 6.07) is 10.6. The van der Waals surface area contributed by atoms with Crippen molar-refractivity contribution in [1.29, 1.82) is 0 Å². The zero-order valence-electron chi connectivity index (χ0n) is 14.9. The third kappa shape index (κ3) is 4.22. The smallest absolute Gasteiger partial charge is 0.316 e. The first-order chi connectivity index (χ1) is 12.2. The fourth-order valence-electron chi connectivity index (χ4n) is 2.64. The summed E-state index contributed by atoms with van der Waals surface area (Å²) < 4.78 is 5.02. The van der Waals surface area contributed by atoms with Crippen LogP contribution >= 0.6 is 0 Å². The van der Waals surface area contributed by atoms with E-state index in [9.17, 15) is 0 Å². The Labute approximate surface area is 147 Å². The van der Waals surface area contributed by atoms with Crippen LogP contribution in [0.15, 0.2) is 42.7 Å². The fourth-order valence-corrected chi connectivity index (χ4v) is 2.64. The van der Waals surface area contributed by atoms with Crippen LogP contribution in [0.25, 0.3) is 22.2 Å². The van der Waals surface area contributed by atoms with Crippen LogP contribution in [0, 0.1) is 0 Å². The molecule has 3 rings (SSSR count). The number of benzene rings is 1. The van der Waals surface area contributed by atoms with Crippen LogP contribution < -0.4 is 10.1 Å². The number of hydrogen-bond donors (Lipinski definition) is 1. The highest BCUT2D eigenvalue weighted by Crippen LogP contribution is 2.28. The Bertz CT molecular complexity index is 833. The number of para-hydroxylation sites is 1. The van der Waals surface area contributed by atoms with E-state index >= 15 is 0 Å². The molecule has 0 aliphatic carbocycles. The number of nitrogens with zero attached hydrogens (tertiary/aromatic N) is 4. The van der Waals surface area contributed by atoms with Gasteiger partial charge in [-0.1, -0.05) is 18.2 Å². The maximum absolute atomic E-state index is 5.02. The maximum atomic E-state index is 5.02. The van der Waals surface area contributed by atoms with Crippen molar-refractivity contribution in [2.24, 2.45) is 0 Å². The average Bonchev–Trinajstić information content (AvgIpc) is 2.65. The molecule has 1 aromatic carbocycles. The summed E-state index contributed by atoms with van der Waals surface area (Å²) in [5, 5.41) is 4.66. The van der Waals surface area contributed by atoms with Gasteiger partial charge in [-0.25, -0.2) is 15.0 Å². The predicted octanol–water partition coefficient (Wildman–Crippen LogP) is 3.06. The Kier molecular flexibility index (Phi) is 5.40. The number of hydrogen-bond acceptors (Lipinski definition) is 6. The summed E-state index contributed by atoms with van der Waals surface area (Å²) in [6.07, 6.45) is 4.54. The second-order valence-corrected chi connectivity index (χ2v) is 6.11. The second kappa shape index (κ2) is 7.90. The molecule has 0 atom stereocenters. The van der Waals surface area contributed by atoms with E-state index in [1.165, 1.54) is 0 Å². The first-order valence-electron chi connectivity index (χ1n) is 8.32. The van der Waals surface area contributed by atoms with E-state index < -0.39 is 0 Å². The zero-order chi connectivity index (χ0) is 17.6. The number of fused-ring (bicyclic) bond motifs is 1. The third-order valence-corrected chi connectivity index (χ3v) is 3.92. The lowest BCUT2D eigenvalue weighted by atomic mass is 10.1. The molecule has 1 N–H and O–H groups in total. The number of nitrogens with one attached hydrogen (secondary N) is 1. The quantitative estimate of drug-likeness (QED) is 0.669. The van der Waals surface area contributed by atoms with Crippen molar-refractivity contribution in [1.82, 2.24) is 19.9 Å². The topological polar surface area (TPSA) is 63.2 Å². The molecule has 6 heteroatoms. The van der Waals surface area contributed by atoms with Crippen molar-refractivity contribution in [2.45, 2.75) is 6.42 Å². The van der Waals surface area contributed by atoms with Crippen LogP contribution in [0.1, 0.15) is 6.42 Å². The van der Waals surface area contributed by atoms with Gasteiger partial charge in [0.1, 0.15) is 0 Å². The van der Waals surface area contributed by atoms with E-state index in [1.54, 1.807) is 19.5 Å². The monoisotopic (exact) mass is 337 g/mol. The molecule has 6 nitrogen and oxygen atoms in total. The van der Waals surface area contributed by atoms with Crippen molar-refractivity contribution in [3.8, 4) is 17.3 Å². The van der Waals surface area contributed by atoms with Gasteiger partial charge in [-0.2, -0.15) is 0 Å². The van der Waals surface area contributed by atoms with Gasteiger partial charge in [-0.3, -0.25) is 0 Å². The summed E-state index contributed by atoms with van der Waals surface area (Å²) in [5.74, 6) is 0. The van der Waals surface area contributed by atoms with Crippen molar-refractivity contribution in [3.63, 3.8) is 0 Å². The molecule has 0 aliphatic heterocycles.